The molecular formula is C18H44O3. The van der Waals surface area contributed by atoms with Gasteiger partial charge in [-0.3, -0.25) is 9.59 Å². The van der Waals surface area contributed by atoms with Crippen LogP contribution in [-0.2, 0) is 14.3 Å². The predicted octanol–water partition coefficient (Wildman–Crippen LogP) is 6.36. The lowest BCUT2D eigenvalue weighted by Crippen LogP contribution is -2.22. The van der Waals surface area contributed by atoms with Gasteiger partial charge in [0, 0.05) is 0 Å². The number of hydrogen-bond donors (Lipinski definition) is 0. The van der Waals surface area contributed by atoms with Crippen LogP contribution in [0.15, 0.2) is 0 Å². The van der Waals surface area contributed by atoms with E-state index < -0.39 is 0 Å². The molecule has 1 heterocycles. The van der Waals surface area contributed by atoms with Crippen molar-refractivity contribution in [2.45, 2.75) is 91.0 Å². The largest absolute Gasteiger partial charge is 0.393 e. The van der Waals surface area contributed by atoms with Gasteiger partial charge in [0.2, 0.25) is 0 Å². The summed E-state index contributed by atoms with van der Waals surface area (Å²) in [6.07, 6.45) is 3.75. The Morgan fingerprint density at radius 3 is 1.86 bits per heavy atom. The molecule has 1 aliphatic rings. The molecule has 3 atom stereocenters. The van der Waals surface area contributed by atoms with Gasteiger partial charge in [-0.2, -0.15) is 0 Å². The van der Waals surface area contributed by atoms with E-state index in [2.05, 4.69) is 18.6 Å². The number of rotatable bonds is 5. The lowest BCUT2D eigenvalue weighted by molar-refractivity contribution is -0.153. The molecule has 1 rings (SSSR count). The van der Waals surface area contributed by atoms with Crippen LogP contribution in [0, 0.1) is 17.8 Å². The van der Waals surface area contributed by atoms with Crippen LogP contribution in [-0.4, -0.2) is 11.9 Å². The topological polar surface area (TPSA) is 43.4 Å². The number of esters is 2. The van der Waals surface area contributed by atoms with E-state index >= 15 is 0 Å². The summed E-state index contributed by atoms with van der Waals surface area (Å²) in [6.45, 7) is 6.35. The normalized spacial score (nSPS) is 18.0. The second-order valence-corrected chi connectivity index (χ2v) is 4.58. The van der Waals surface area contributed by atoms with Crippen molar-refractivity contribution in [3.8, 4) is 0 Å². The molecule has 3 nitrogen and oxygen atoms in total. The fourth-order valence-corrected chi connectivity index (χ4v) is 2.08. The van der Waals surface area contributed by atoms with Crippen molar-refractivity contribution in [1.29, 1.82) is 0 Å². The van der Waals surface area contributed by atoms with E-state index in [0.717, 1.165) is 6.42 Å². The summed E-state index contributed by atoms with van der Waals surface area (Å²) in [7, 11) is 0. The minimum absolute atomic E-state index is 0. The van der Waals surface area contributed by atoms with Crippen LogP contribution in [0.4, 0.5) is 0 Å². The number of hydrogen-bond acceptors (Lipinski definition) is 3. The monoisotopic (exact) mass is 308 g/mol. The van der Waals surface area contributed by atoms with Gasteiger partial charge in [0.15, 0.2) is 0 Å². The van der Waals surface area contributed by atoms with Crippen molar-refractivity contribution in [3.63, 3.8) is 0 Å². The molecule has 134 valence electrons. The van der Waals surface area contributed by atoms with Crippen LogP contribution in [0.5, 0.6) is 0 Å². The first kappa shape index (κ1) is 36.9. The van der Waals surface area contributed by atoms with Gasteiger partial charge < -0.3 is 4.74 Å². The molecule has 3 unspecified atom stereocenters. The fourth-order valence-electron chi connectivity index (χ4n) is 2.08. The molecule has 1 fully saturated rings. The Balaban J connectivity index is -0.0000000937. The minimum Gasteiger partial charge on any atom is -0.393 e. The second-order valence-electron chi connectivity index (χ2n) is 4.58. The molecule has 1 aliphatic heterocycles. The van der Waals surface area contributed by atoms with Crippen molar-refractivity contribution in [2.75, 3.05) is 0 Å². The Labute approximate surface area is 135 Å². The Morgan fingerprint density at radius 1 is 1.05 bits per heavy atom. The van der Waals surface area contributed by atoms with Crippen molar-refractivity contribution in [1.82, 2.24) is 0 Å². The first-order chi connectivity index (χ1) is 7.06. The third kappa shape index (κ3) is 10.5. The van der Waals surface area contributed by atoms with E-state index in [9.17, 15) is 9.59 Å². The van der Waals surface area contributed by atoms with Gasteiger partial charge >= 0.3 is 11.9 Å². The van der Waals surface area contributed by atoms with Crippen molar-refractivity contribution < 1.29 is 14.3 Å². The van der Waals surface area contributed by atoms with Crippen molar-refractivity contribution >= 4 is 11.9 Å². The first-order valence-electron chi connectivity index (χ1n) is 5.80. The zero-order valence-corrected chi connectivity index (χ0v) is 9.79. The summed E-state index contributed by atoms with van der Waals surface area (Å²) in [5.74, 6) is -0.163. The van der Waals surface area contributed by atoms with Gasteiger partial charge in [0.1, 0.15) is 0 Å². The number of carbonyl (C=O) groups is 2. The van der Waals surface area contributed by atoms with Crippen LogP contribution < -0.4 is 0 Å². The van der Waals surface area contributed by atoms with Gasteiger partial charge in [-0.05, 0) is 11.8 Å². The van der Waals surface area contributed by atoms with Crippen LogP contribution in [0.1, 0.15) is 91.0 Å². The minimum atomic E-state index is -0.362. The van der Waals surface area contributed by atoms with Crippen LogP contribution in [0.3, 0.4) is 0 Å². The third-order valence-corrected chi connectivity index (χ3v) is 3.45. The summed E-state index contributed by atoms with van der Waals surface area (Å²) in [5, 5.41) is 0. The van der Waals surface area contributed by atoms with E-state index in [0.29, 0.717) is 5.92 Å². The lowest BCUT2D eigenvalue weighted by atomic mass is 9.81. The molecule has 0 radical (unpaired) electrons. The SMILES string of the molecule is C.C.C.C.C.C.CCCCC(C)C(C)C1CC(=O)OC1=O. The number of ether oxygens (including phenoxy) is 1. The number of carbonyl (C=O) groups excluding carboxylic acids is 2. The summed E-state index contributed by atoms with van der Waals surface area (Å²) >= 11 is 0. The summed E-state index contributed by atoms with van der Waals surface area (Å²) < 4.78 is 4.57. The number of unbranched alkanes of at least 4 members (excludes halogenated alkanes) is 1. The van der Waals surface area contributed by atoms with Gasteiger partial charge in [-0.1, -0.05) is 84.6 Å². The molecule has 0 aromatic heterocycles. The number of cyclic esters (lactones) is 2. The fraction of sp³-hybridized carbons (Fsp3) is 0.889. The molecule has 1 saturated heterocycles. The molecule has 3 heteroatoms. The van der Waals surface area contributed by atoms with E-state index in [1.54, 1.807) is 0 Å². The zero-order chi connectivity index (χ0) is 11.4. The van der Waals surface area contributed by atoms with Crippen LogP contribution in [0.25, 0.3) is 0 Å². The quantitative estimate of drug-likeness (QED) is 0.438. The molecule has 0 aromatic rings. The molecule has 0 aromatic carbocycles. The molecular weight excluding hydrogens is 264 g/mol. The van der Waals surface area contributed by atoms with Gasteiger partial charge in [-0.25, -0.2) is 0 Å². The zero-order valence-electron chi connectivity index (χ0n) is 9.79. The predicted molar refractivity (Wildman–Crippen MR) is 97.4 cm³/mol. The Hall–Kier alpha value is -0.860. The molecule has 0 aliphatic carbocycles. The summed E-state index contributed by atoms with van der Waals surface area (Å²) in [4.78, 5) is 22.3. The maximum absolute atomic E-state index is 11.4. The Morgan fingerprint density at radius 2 is 1.52 bits per heavy atom. The van der Waals surface area contributed by atoms with Crippen molar-refractivity contribution in [3.05, 3.63) is 0 Å². The molecule has 0 amide bonds. The molecule has 0 N–H and O–H groups in total. The maximum atomic E-state index is 11.4. The van der Waals surface area contributed by atoms with E-state index in [1.807, 2.05) is 6.92 Å². The summed E-state index contributed by atoms with van der Waals surface area (Å²) in [6, 6.07) is 0. The third-order valence-electron chi connectivity index (χ3n) is 3.45. The highest BCUT2D eigenvalue weighted by atomic mass is 16.6. The second kappa shape index (κ2) is 17.2. The molecule has 0 bridgehead atoms. The Kier molecular flexibility index (Phi) is 30.2. The highest BCUT2D eigenvalue weighted by Gasteiger charge is 2.38. The molecule has 0 saturated carbocycles. The lowest BCUT2D eigenvalue weighted by Gasteiger charge is -2.22. The van der Waals surface area contributed by atoms with E-state index in [4.69, 9.17) is 0 Å². The van der Waals surface area contributed by atoms with E-state index in [-0.39, 0.29) is 74.8 Å². The highest BCUT2D eigenvalue weighted by molar-refractivity contribution is 5.94. The molecule has 0 spiro atoms. The maximum Gasteiger partial charge on any atom is 0.317 e. The van der Waals surface area contributed by atoms with Gasteiger partial charge in [0.25, 0.3) is 0 Å². The van der Waals surface area contributed by atoms with Gasteiger partial charge in [-0.15, -0.1) is 0 Å². The van der Waals surface area contributed by atoms with E-state index in [1.165, 1.54) is 12.8 Å². The van der Waals surface area contributed by atoms with Crippen LogP contribution >= 0.6 is 0 Å². The van der Waals surface area contributed by atoms with Crippen LogP contribution in [0.2, 0.25) is 0 Å². The molecule has 21 heavy (non-hydrogen) atoms. The highest BCUT2D eigenvalue weighted by Crippen LogP contribution is 2.31. The van der Waals surface area contributed by atoms with Gasteiger partial charge in [0.05, 0.1) is 12.3 Å². The Bertz CT molecular complexity index is 249. The van der Waals surface area contributed by atoms with Crippen molar-refractivity contribution in [2.24, 2.45) is 17.8 Å². The average molecular weight is 309 g/mol. The smallest absolute Gasteiger partial charge is 0.317 e. The average Bonchev–Trinajstić information content (AvgIpc) is 2.53. The standard InChI is InChI=1S/C12H20O3.6CH4/c1-4-5-6-8(2)9(3)10-7-11(13)15-12(10)14;;;;;;/h8-10H,4-7H2,1-3H3;6*1H4. The first-order valence-corrected chi connectivity index (χ1v) is 5.80. The summed E-state index contributed by atoms with van der Waals surface area (Å²) in [5.41, 5.74) is 0.